The third kappa shape index (κ3) is 3.36. The van der Waals surface area contributed by atoms with Crippen molar-refractivity contribution >= 4 is 11.6 Å². The fourth-order valence-corrected chi connectivity index (χ4v) is 5.38. The summed E-state index contributed by atoms with van der Waals surface area (Å²) < 4.78 is 11.2. The number of nitrogens with zero attached hydrogens (tertiary/aromatic N) is 1. The maximum atomic E-state index is 6.41. The predicted molar refractivity (Wildman–Crippen MR) is 121 cm³/mol. The monoisotopic (exact) mass is 419 g/mol. The molecule has 0 fully saturated rings. The Hall–Kier alpha value is -2.49. The van der Waals surface area contributed by atoms with Crippen LogP contribution in [0.3, 0.4) is 0 Å². The van der Waals surface area contributed by atoms with Gasteiger partial charge in [-0.2, -0.15) is 0 Å². The molecule has 4 heteroatoms. The first-order valence-electron chi connectivity index (χ1n) is 10.5. The number of ether oxygens (including phenoxy) is 2. The highest BCUT2D eigenvalue weighted by atomic mass is 35.5. The fourth-order valence-electron chi connectivity index (χ4n) is 5.18. The lowest BCUT2D eigenvalue weighted by atomic mass is 9.86. The fraction of sp³-hybridized carbons (Fsp3) is 0.308. The number of methoxy groups -OCH3 is 2. The summed E-state index contributed by atoms with van der Waals surface area (Å²) in [6, 6.07) is 22.1. The van der Waals surface area contributed by atoms with Gasteiger partial charge in [0.15, 0.2) is 11.5 Å². The Morgan fingerprint density at radius 2 is 1.53 bits per heavy atom. The zero-order chi connectivity index (χ0) is 20.7. The minimum absolute atomic E-state index is 0.145. The van der Waals surface area contributed by atoms with E-state index in [1.807, 2.05) is 12.1 Å². The minimum atomic E-state index is 0.145. The first-order valence-corrected chi connectivity index (χ1v) is 10.9. The van der Waals surface area contributed by atoms with Crippen molar-refractivity contribution in [3.63, 3.8) is 0 Å². The van der Waals surface area contributed by atoms with Crippen molar-refractivity contribution in [2.45, 2.75) is 31.3 Å². The SMILES string of the molecule is COc1cc2c(cc1OC)C(c1cccc(Cl)c1)N(C1Cc3ccccc3C1)CC2. The van der Waals surface area contributed by atoms with Gasteiger partial charge in [0.05, 0.1) is 20.3 Å². The molecule has 3 nitrogen and oxygen atoms in total. The van der Waals surface area contributed by atoms with Crippen LogP contribution in [0.1, 0.15) is 33.9 Å². The van der Waals surface area contributed by atoms with E-state index in [1.54, 1.807) is 14.2 Å². The Morgan fingerprint density at radius 1 is 0.833 bits per heavy atom. The Morgan fingerprint density at radius 3 is 2.20 bits per heavy atom. The van der Waals surface area contributed by atoms with Crippen LogP contribution in [-0.2, 0) is 19.3 Å². The quantitative estimate of drug-likeness (QED) is 0.559. The van der Waals surface area contributed by atoms with Crippen LogP contribution >= 0.6 is 11.6 Å². The van der Waals surface area contributed by atoms with Crippen molar-refractivity contribution in [2.24, 2.45) is 0 Å². The van der Waals surface area contributed by atoms with Crippen molar-refractivity contribution in [1.82, 2.24) is 4.90 Å². The third-order valence-corrected chi connectivity index (χ3v) is 6.81. The van der Waals surface area contributed by atoms with Gasteiger partial charge in [-0.05, 0) is 71.3 Å². The van der Waals surface area contributed by atoms with E-state index in [0.717, 1.165) is 42.3 Å². The minimum Gasteiger partial charge on any atom is -0.493 e. The van der Waals surface area contributed by atoms with Gasteiger partial charge in [-0.3, -0.25) is 4.90 Å². The summed E-state index contributed by atoms with van der Waals surface area (Å²) >= 11 is 6.41. The molecular weight excluding hydrogens is 394 g/mol. The Balaban J connectivity index is 1.60. The standard InChI is InChI=1S/C26H26ClNO2/c1-29-24-15-19-10-11-28(22-13-17-6-3-4-7-18(17)14-22)26(23(19)16-25(24)30-2)20-8-5-9-21(27)12-20/h3-9,12,15-16,22,26H,10-11,13-14H2,1-2H3. The highest BCUT2D eigenvalue weighted by Gasteiger charge is 2.37. The second-order valence-corrected chi connectivity index (χ2v) is 8.62. The van der Waals surface area contributed by atoms with Gasteiger partial charge < -0.3 is 9.47 Å². The van der Waals surface area contributed by atoms with E-state index < -0.39 is 0 Å². The van der Waals surface area contributed by atoms with Crippen LogP contribution < -0.4 is 9.47 Å². The summed E-state index contributed by atoms with van der Waals surface area (Å²) in [5, 5.41) is 0.773. The van der Waals surface area contributed by atoms with Crippen molar-refractivity contribution in [3.8, 4) is 11.5 Å². The molecule has 0 N–H and O–H groups in total. The summed E-state index contributed by atoms with van der Waals surface area (Å²) in [4.78, 5) is 2.67. The molecule has 2 aliphatic rings. The summed E-state index contributed by atoms with van der Waals surface area (Å²) in [6.45, 7) is 1.01. The molecule has 0 saturated carbocycles. The summed E-state index contributed by atoms with van der Waals surface area (Å²) in [6.07, 6.45) is 3.19. The molecule has 154 valence electrons. The highest BCUT2D eigenvalue weighted by molar-refractivity contribution is 6.30. The first kappa shape index (κ1) is 19.5. The molecule has 5 rings (SSSR count). The molecule has 1 unspecified atom stereocenters. The van der Waals surface area contributed by atoms with Gasteiger partial charge in [0.25, 0.3) is 0 Å². The second kappa shape index (κ2) is 7.98. The van der Waals surface area contributed by atoms with Gasteiger partial charge in [0, 0.05) is 17.6 Å². The van der Waals surface area contributed by atoms with Crippen molar-refractivity contribution in [2.75, 3.05) is 20.8 Å². The summed E-state index contributed by atoms with van der Waals surface area (Å²) in [5.41, 5.74) is 6.80. The van der Waals surface area contributed by atoms with E-state index in [0.29, 0.717) is 6.04 Å². The molecule has 0 amide bonds. The molecular formula is C26H26ClNO2. The van der Waals surface area contributed by atoms with E-state index >= 15 is 0 Å². The number of fused-ring (bicyclic) bond motifs is 2. The van der Waals surface area contributed by atoms with Crippen LogP contribution in [0.2, 0.25) is 5.02 Å². The van der Waals surface area contributed by atoms with Crippen molar-refractivity contribution < 1.29 is 9.47 Å². The number of benzene rings is 3. The molecule has 1 aliphatic heterocycles. The highest BCUT2D eigenvalue weighted by Crippen LogP contribution is 2.43. The van der Waals surface area contributed by atoms with Crippen LogP contribution in [0.4, 0.5) is 0 Å². The van der Waals surface area contributed by atoms with Gasteiger partial charge in [-0.1, -0.05) is 48.0 Å². The molecule has 30 heavy (non-hydrogen) atoms. The zero-order valence-electron chi connectivity index (χ0n) is 17.4. The molecule has 3 aromatic carbocycles. The van der Waals surface area contributed by atoms with Gasteiger partial charge in [-0.25, -0.2) is 0 Å². The van der Waals surface area contributed by atoms with E-state index in [2.05, 4.69) is 53.4 Å². The number of rotatable bonds is 4. The van der Waals surface area contributed by atoms with E-state index in [1.165, 1.54) is 27.8 Å². The summed E-state index contributed by atoms with van der Waals surface area (Å²) in [5.74, 6) is 1.57. The van der Waals surface area contributed by atoms with Crippen LogP contribution in [0.25, 0.3) is 0 Å². The largest absolute Gasteiger partial charge is 0.493 e. The summed E-state index contributed by atoms with van der Waals surface area (Å²) in [7, 11) is 3.40. The van der Waals surface area contributed by atoms with Crippen LogP contribution in [0, 0.1) is 0 Å². The van der Waals surface area contributed by atoms with Gasteiger partial charge >= 0.3 is 0 Å². The van der Waals surface area contributed by atoms with Crippen molar-refractivity contribution in [3.05, 3.63) is 93.5 Å². The molecule has 1 atom stereocenters. The molecule has 0 spiro atoms. The maximum Gasteiger partial charge on any atom is 0.161 e. The normalized spacial score (nSPS) is 18.7. The molecule has 1 heterocycles. The Kier molecular flexibility index (Phi) is 5.18. The molecule has 0 radical (unpaired) electrons. The lowest BCUT2D eigenvalue weighted by Gasteiger charge is -2.42. The number of hydrogen-bond donors (Lipinski definition) is 0. The third-order valence-electron chi connectivity index (χ3n) is 6.57. The first-order chi connectivity index (χ1) is 14.7. The maximum absolute atomic E-state index is 6.41. The lowest BCUT2D eigenvalue weighted by Crippen LogP contribution is -2.43. The van der Waals surface area contributed by atoms with E-state index in [-0.39, 0.29) is 6.04 Å². The van der Waals surface area contributed by atoms with E-state index in [4.69, 9.17) is 21.1 Å². The second-order valence-electron chi connectivity index (χ2n) is 8.18. The molecule has 3 aromatic rings. The van der Waals surface area contributed by atoms with E-state index in [9.17, 15) is 0 Å². The van der Waals surface area contributed by atoms with Crippen LogP contribution in [0.15, 0.2) is 60.7 Å². The van der Waals surface area contributed by atoms with Crippen LogP contribution in [0.5, 0.6) is 11.5 Å². The zero-order valence-corrected chi connectivity index (χ0v) is 18.2. The topological polar surface area (TPSA) is 21.7 Å². The molecule has 0 aromatic heterocycles. The smallest absolute Gasteiger partial charge is 0.161 e. The average Bonchev–Trinajstić information content (AvgIpc) is 3.21. The van der Waals surface area contributed by atoms with Crippen molar-refractivity contribution in [1.29, 1.82) is 0 Å². The number of hydrogen-bond acceptors (Lipinski definition) is 3. The average molecular weight is 420 g/mol. The van der Waals surface area contributed by atoms with Gasteiger partial charge in [0.2, 0.25) is 0 Å². The molecule has 1 aliphatic carbocycles. The van der Waals surface area contributed by atoms with Gasteiger partial charge in [-0.15, -0.1) is 0 Å². The Labute approximate surface area is 183 Å². The molecule has 0 saturated heterocycles. The number of halogens is 1. The van der Waals surface area contributed by atoms with Crippen LogP contribution in [-0.4, -0.2) is 31.7 Å². The molecule has 0 bridgehead atoms. The lowest BCUT2D eigenvalue weighted by molar-refractivity contribution is 0.150. The van der Waals surface area contributed by atoms with Gasteiger partial charge in [0.1, 0.15) is 0 Å². The predicted octanol–water partition coefficient (Wildman–Crippen LogP) is 5.47. The Bertz CT molecular complexity index is 1060.